The number of para-hydroxylation sites is 3. The summed E-state index contributed by atoms with van der Waals surface area (Å²) >= 11 is 0. The van der Waals surface area contributed by atoms with Crippen LogP contribution in [0.2, 0.25) is 0 Å². The fourth-order valence-corrected chi connectivity index (χ4v) is 10.7. The molecule has 0 aliphatic carbocycles. The van der Waals surface area contributed by atoms with E-state index in [1.54, 1.807) is 31.6 Å². The predicted octanol–water partition coefficient (Wildman–Crippen LogP) is 0.217. The zero-order valence-electron chi connectivity index (χ0n) is 52.4. The highest BCUT2D eigenvalue weighted by Crippen LogP contribution is 2.23. The number of nitrogens with zero attached hydrogens (tertiary/aromatic N) is 3. The number of rotatable bonds is 37. The Labute approximate surface area is 532 Å². The number of hydrogen-bond acceptors (Lipinski definition) is 12. The minimum atomic E-state index is -1.45. The molecule has 0 unspecified atom stereocenters. The van der Waals surface area contributed by atoms with Gasteiger partial charge in [-0.05, 0) is 98.1 Å². The number of benzene rings is 3. The lowest BCUT2D eigenvalue weighted by Crippen LogP contribution is -2.61. The summed E-state index contributed by atoms with van der Waals surface area (Å²) in [7, 11) is 0. The first kappa shape index (κ1) is 70.9. The van der Waals surface area contributed by atoms with Gasteiger partial charge in [-0.25, -0.2) is 4.79 Å². The summed E-state index contributed by atoms with van der Waals surface area (Å²) in [5, 5.41) is 32.0. The predicted molar refractivity (Wildman–Crippen MR) is 354 cm³/mol. The number of carboxylic acid groups (broad SMARTS) is 1. The fourth-order valence-electron chi connectivity index (χ4n) is 10.7. The van der Waals surface area contributed by atoms with Gasteiger partial charge in [0.05, 0.1) is 6.04 Å². The first-order valence-corrected chi connectivity index (χ1v) is 30.8. The summed E-state index contributed by atoms with van der Waals surface area (Å²) in [6.45, 7) is 7.48. The highest BCUT2D eigenvalue weighted by atomic mass is 16.4. The third-order valence-electron chi connectivity index (χ3n) is 15.8. The molecule has 92 heavy (non-hydrogen) atoms. The quantitative estimate of drug-likeness (QED) is 0.0141. The summed E-state index contributed by atoms with van der Waals surface area (Å²) in [5.74, 6) is -8.04. The topological polar surface area (TPSA) is 508 Å². The number of carbonyl (C=O) groups is 8. The lowest BCUT2D eigenvalue weighted by atomic mass is 9.95. The molecule has 25 N–H and O–H groups in total. The molecule has 9 atom stereocenters. The van der Waals surface area contributed by atoms with Crippen LogP contribution in [-0.4, -0.2) is 153 Å². The molecule has 3 aromatic heterocycles. The third-order valence-corrected chi connectivity index (χ3v) is 15.8. The van der Waals surface area contributed by atoms with Crippen LogP contribution in [0.25, 0.3) is 32.7 Å². The Morgan fingerprint density at radius 2 is 0.783 bits per heavy atom. The first-order valence-electron chi connectivity index (χ1n) is 30.8. The van der Waals surface area contributed by atoms with Crippen LogP contribution in [0.1, 0.15) is 95.8 Å². The number of carboxylic acids is 1. The summed E-state index contributed by atoms with van der Waals surface area (Å²) in [6.07, 6.45) is 5.88. The smallest absolute Gasteiger partial charge is 0.326 e. The van der Waals surface area contributed by atoms with Crippen LogP contribution >= 0.6 is 0 Å². The Kier molecular flexibility index (Phi) is 26.7. The van der Waals surface area contributed by atoms with E-state index < -0.39 is 102 Å². The van der Waals surface area contributed by atoms with E-state index >= 15 is 14.4 Å². The number of hydrogen-bond donors (Lipinski definition) is 18. The van der Waals surface area contributed by atoms with Crippen molar-refractivity contribution in [1.82, 2.24) is 52.2 Å². The van der Waals surface area contributed by atoms with Crippen molar-refractivity contribution < 1.29 is 43.5 Å². The highest BCUT2D eigenvalue weighted by Gasteiger charge is 2.37. The van der Waals surface area contributed by atoms with E-state index in [-0.39, 0.29) is 108 Å². The Morgan fingerprint density at radius 1 is 0.446 bits per heavy atom. The maximum atomic E-state index is 15.1. The minimum absolute atomic E-state index is 0.0196. The SMILES string of the molecule is CC[C@H](C)[C@H](NC(=O)[C@H](Cc1c[nH]c2ccccc12)NC(=O)[C@H](CC(C)C)NC(=O)[C@@H](N)Cc1c[nH]c2ccccc12)C(=O)N[C@@H](Cc1c[nH]c2ccccc12)C(=O)N[C@@H](CCCN=C(N)N)C(=O)N[C@@H](CCCN=C(N)N)C(=O)N[C@@H](CCCN=C(N)N)C(=O)O. The van der Waals surface area contributed by atoms with Crippen molar-refractivity contribution in [2.24, 2.45) is 66.9 Å². The number of aliphatic carboxylic acids is 1. The van der Waals surface area contributed by atoms with E-state index in [2.05, 4.69) is 67.1 Å². The molecule has 7 amide bonds. The van der Waals surface area contributed by atoms with Gasteiger partial charge in [0.15, 0.2) is 17.9 Å². The summed E-state index contributed by atoms with van der Waals surface area (Å²) in [6, 6.07) is 11.8. The van der Waals surface area contributed by atoms with Crippen LogP contribution in [0.15, 0.2) is 106 Å². The van der Waals surface area contributed by atoms with Crippen molar-refractivity contribution in [3.8, 4) is 0 Å². The maximum absolute atomic E-state index is 15.1. The molecule has 0 aliphatic rings. The first-order chi connectivity index (χ1) is 43.9. The second kappa shape index (κ2) is 34.7. The molecule has 6 rings (SSSR count). The Hall–Kier alpha value is -10.2. The number of amides is 7. The molecule has 0 bridgehead atoms. The van der Waals surface area contributed by atoms with E-state index in [1.807, 2.05) is 87.5 Å². The van der Waals surface area contributed by atoms with Gasteiger partial charge in [-0.2, -0.15) is 0 Å². The number of aromatic amines is 3. The molecular formula is C63H90N20O9. The number of guanidine groups is 3. The molecule has 0 aliphatic heterocycles. The molecule has 0 fully saturated rings. The van der Waals surface area contributed by atoms with E-state index in [9.17, 15) is 29.1 Å². The van der Waals surface area contributed by atoms with E-state index in [1.165, 1.54) is 0 Å². The summed E-state index contributed by atoms with van der Waals surface area (Å²) < 4.78 is 0. The van der Waals surface area contributed by atoms with Crippen LogP contribution in [0.3, 0.4) is 0 Å². The van der Waals surface area contributed by atoms with E-state index in [0.29, 0.717) is 17.5 Å². The molecular weight excluding hydrogens is 1180 g/mol. The third kappa shape index (κ3) is 21.2. The van der Waals surface area contributed by atoms with Crippen molar-refractivity contribution in [1.29, 1.82) is 0 Å². The van der Waals surface area contributed by atoms with Gasteiger partial charge >= 0.3 is 5.97 Å². The fraction of sp³-hybridized carbons (Fsp3) is 0.444. The van der Waals surface area contributed by atoms with Crippen LogP contribution < -0.4 is 77.4 Å². The summed E-state index contributed by atoms with van der Waals surface area (Å²) in [5.41, 5.74) is 44.2. The number of nitrogens with two attached hydrogens (primary N) is 7. The molecule has 3 aromatic carbocycles. The molecule has 0 spiro atoms. The normalized spacial score (nSPS) is 14.2. The molecule has 496 valence electrons. The Morgan fingerprint density at radius 3 is 1.18 bits per heavy atom. The second-order valence-corrected chi connectivity index (χ2v) is 23.4. The van der Waals surface area contributed by atoms with E-state index in [4.69, 9.17) is 40.1 Å². The van der Waals surface area contributed by atoms with Crippen molar-refractivity contribution in [3.05, 3.63) is 108 Å². The molecule has 0 saturated heterocycles. The van der Waals surface area contributed by atoms with Gasteiger partial charge in [-0.1, -0.05) is 88.7 Å². The van der Waals surface area contributed by atoms with Crippen LogP contribution in [0.5, 0.6) is 0 Å². The van der Waals surface area contributed by atoms with Gasteiger partial charge < -0.3 is 97.4 Å². The number of fused-ring (bicyclic) bond motifs is 3. The highest BCUT2D eigenvalue weighted by molar-refractivity contribution is 5.99. The number of H-pyrrole nitrogens is 3. The zero-order valence-corrected chi connectivity index (χ0v) is 52.4. The standard InChI is InChI=1S/C63H90N20O9/c1-5-35(4)52(83-58(89)51(30-38-33-76-45-20-11-8-17-41(38)45)81-56(87)49(27-34(2)3)80-53(84)42(64)28-36-31-74-43-18-9-6-15-39(36)43)59(90)82-50(29-37-32-75-44-19-10-7-16-40(37)44)57(88)78-46(21-12-24-71-61(65)66)54(85)77-47(22-13-25-72-62(67)68)55(86)79-48(60(91)92)23-14-26-73-63(69)70/h6-11,15-20,31-35,42,46-52,74-76H,5,12-14,21-30,64H2,1-4H3,(H,77,85)(H,78,88)(H,79,86)(H,80,84)(H,81,87)(H,82,90)(H,83,89)(H,91,92)(H4,65,66,71)(H4,67,68,72)(H4,69,70,73)/t35-,42-,46-,47-,48-,49-,50-,51-,52-/m0/s1. The minimum Gasteiger partial charge on any atom is -0.480 e. The number of carbonyl (C=O) groups excluding carboxylic acids is 7. The molecule has 6 aromatic rings. The van der Waals surface area contributed by atoms with Crippen molar-refractivity contribution >= 4 is 97.9 Å². The average molecular weight is 1270 g/mol. The molecule has 29 heteroatoms. The van der Waals surface area contributed by atoms with Gasteiger partial charge in [0.2, 0.25) is 41.4 Å². The monoisotopic (exact) mass is 1270 g/mol. The zero-order chi connectivity index (χ0) is 67.0. The van der Waals surface area contributed by atoms with Gasteiger partial charge in [-0.15, -0.1) is 0 Å². The van der Waals surface area contributed by atoms with Crippen LogP contribution in [-0.2, 0) is 57.6 Å². The molecule has 0 saturated carbocycles. The number of aliphatic imine (C=N–C) groups is 3. The van der Waals surface area contributed by atoms with Gasteiger partial charge in [0.1, 0.15) is 42.3 Å². The average Bonchev–Trinajstić information content (AvgIpc) is 1.65. The van der Waals surface area contributed by atoms with Gasteiger partial charge in [0, 0.05) is 83.8 Å². The van der Waals surface area contributed by atoms with Crippen molar-refractivity contribution in [2.45, 2.75) is 147 Å². The largest absolute Gasteiger partial charge is 0.480 e. The van der Waals surface area contributed by atoms with Gasteiger partial charge in [0.25, 0.3) is 0 Å². The van der Waals surface area contributed by atoms with Crippen molar-refractivity contribution in [2.75, 3.05) is 19.6 Å². The molecule has 0 radical (unpaired) electrons. The second-order valence-electron chi connectivity index (χ2n) is 23.4. The number of aromatic nitrogens is 3. The lowest BCUT2D eigenvalue weighted by Gasteiger charge is -2.30. The van der Waals surface area contributed by atoms with Gasteiger partial charge in [-0.3, -0.25) is 48.5 Å². The Balaban J connectivity index is 1.29. The van der Waals surface area contributed by atoms with Crippen LogP contribution in [0.4, 0.5) is 0 Å². The maximum Gasteiger partial charge on any atom is 0.326 e. The van der Waals surface area contributed by atoms with Crippen molar-refractivity contribution in [3.63, 3.8) is 0 Å². The lowest BCUT2D eigenvalue weighted by molar-refractivity contribution is -0.142. The van der Waals surface area contributed by atoms with Crippen LogP contribution in [0, 0.1) is 11.8 Å². The van der Waals surface area contributed by atoms with E-state index in [0.717, 1.165) is 38.3 Å². The Bertz CT molecular complexity index is 3580. The number of nitrogens with one attached hydrogen (secondary N) is 10. The molecule has 29 nitrogen and oxygen atoms in total. The molecule has 3 heterocycles. The summed E-state index contributed by atoms with van der Waals surface area (Å²) in [4.78, 5) is 136.